The van der Waals surface area contributed by atoms with E-state index in [-0.39, 0.29) is 13.0 Å². The number of likely N-dealkylation sites (N-methyl/N-ethyl adjacent to an activating group) is 1. The number of carbonyl (C=O) groups is 3. The maximum absolute atomic E-state index is 11.7. The standard InChI is InChI=1S/C13H17N3O4/c1-16(8-11(14)17)13(20)15-10(12(18)19)7-9-5-3-2-4-6-9/h2-6,10H,7-8H2,1H3,(H2,14,17)(H,15,20)(H,18,19)/t10-/m0/s1. The Morgan fingerprint density at radius 3 is 2.40 bits per heavy atom. The second-order valence-corrected chi connectivity index (χ2v) is 4.35. The molecular formula is C13H17N3O4. The van der Waals surface area contributed by atoms with Crippen molar-refractivity contribution >= 4 is 17.9 Å². The molecule has 1 atom stereocenters. The van der Waals surface area contributed by atoms with E-state index in [2.05, 4.69) is 5.32 Å². The molecule has 0 bridgehead atoms. The molecule has 108 valence electrons. The zero-order valence-corrected chi connectivity index (χ0v) is 11.1. The fourth-order valence-corrected chi connectivity index (χ4v) is 1.61. The normalized spacial score (nSPS) is 11.4. The Hall–Kier alpha value is -2.57. The Balaban J connectivity index is 2.66. The number of carboxylic acid groups (broad SMARTS) is 1. The highest BCUT2D eigenvalue weighted by Crippen LogP contribution is 2.04. The van der Waals surface area contributed by atoms with Crippen molar-refractivity contribution in [3.8, 4) is 0 Å². The Morgan fingerprint density at radius 1 is 1.30 bits per heavy atom. The van der Waals surface area contributed by atoms with Crippen LogP contribution in [-0.2, 0) is 16.0 Å². The molecule has 20 heavy (non-hydrogen) atoms. The first-order valence-corrected chi connectivity index (χ1v) is 5.97. The zero-order valence-electron chi connectivity index (χ0n) is 11.1. The summed E-state index contributed by atoms with van der Waals surface area (Å²) in [5.41, 5.74) is 5.76. The second-order valence-electron chi connectivity index (χ2n) is 4.35. The van der Waals surface area contributed by atoms with E-state index in [4.69, 9.17) is 10.8 Å². The van der Waals surface area contributed by atoms with Gasteiger partial charge in [-0.3, -0.25) is 4.79 Å². The van der Waals surface area contributed by atoms with E-state index in [0.29, 0.717) is 0 Å². The van der Waals surface area contributed by atoms with Gasteiger partial charge in [0.05, 0.1) is 0 Å². The average molecular weight is 279 g/mol. The minimum absolute atomic E-state index is 0.159. The Kier molecular flexibility index (Phi) is 5.52. The lowest BCUT2D eigenvalue weighted by molar-refractivity contribution is -0.139. The van der Waals surface area contributed by atoms with Gasteiger partial charge in [-0.15, -0.1) is 0 Å². The van der Waals surface area contributed by atoms with Crippen LogP contribution in [0.2, 0.25) is 0 Å². The van der Waals surface area contributed by atoms with E-state index < -0.39 is 23.9 Å². The number of carbonyl (C=O) groups excluding carboxylic acids is 2. The van der Waals surface area contributed by atoms with Gasteiger partial charge in [0.15, 0.2) is 0 Å². The number of aliphatic carboxylic acids is 1. The van der Waals surface area contributed by atoms with Crippen LogP contribution in [0.4, 0.5) is 4.79 Å². The van der Waals surface area contributed by atoms with Gasteiger partial charge in [0.1, 0.15) is 12.6 Å². The van der Waals surface area contributed by atoms with Gasteiger partial charge in [0, 0.05) is 13.5 Å². The number of urea groups is 1. The van der Waals surface area contributed by atoms with Crippen LogP contribution in [0.15, 0.2) is 30.3 Å². The molecule has 1 aromatic rings. The lowest BCUT2D eigenvalue weighted by Crippen LogP contribution is -2.49. The quantitative estimate of drug-likeness (QED) is 0.669. The summed E-state index contributed by atoms with van der Waals surface area (Å²) in [5.74, 6) is -1.81. The number of rotatable bonds is 6. The van der Waals surface area contributed by atoms with Gasteiger partial charge in [0.2, 0.25) is 5.91 Å². The molecule has 0 saturated carbocycles. The second kappa shape index (κ2) is 7.13. The van der Waals surface area contributed by atoms with E-state index in [1.165, 1.54) is 7.05 Å². The molecule has 4 N–H and O–H groups in total. The predicted octanol–water partition coefficient (Wildman–Crippen LogP) is -0.191. The summed E-state index contributed by atoms with van der Waals surface area (Å²) in [6.07, 6.45) is 0.159. The van der Waals surface area contributed by atoms with Crippen LogP contribution < -0.4 is 11.1 Å². The molecule has 0 spiro atoms. The predicted molar refractivity (Wildman–Crippen MR) is 71.9 cm³/mol. The fraction of sp³-hybridized carbons (Fsp3) is 0.308. The zero-order chi connectivity index (χ0) is 15.1. The minimum Gasteiger partial charge on any atom is -0.480 e. The number of carboxylic acids is 1. The van der Waals surface area contributed by atoms with E-state index in [1.807, 2.05) is 6.07 Å². The third-order valence-corrected chi connectivity index (χ3v) is 2.62. The number of nitrogens with two attached hydrogens (primary N) is 1. The maximum Gasteiger partial charge on any atom is 0.326 e. The van der Waals surface area contributed by atoms with E-state index in [9.17, 15) is 14.4 Å². The minimum atomic E-state index is -1.14. The fourth-order valence-electron chi connectivity index (χ4n) is 1.61. The lowest BCUT2D eigenvalue weighted by Gasteiger charge is -2.20. The van der Waals surface area contributed by atoms with Crippen molar-refractivity contribution in [2.75, 3.05) is 13.6 Å². The monoisotopic (exact) mass is 279 g/mol. The number of nitrogens with one attached hydrogen (secondary N) is 1. The van der Waals surface area contributed by atoms with Crippen LogP contribution in [0.5, 0.6) is 0 Å². The average Bonchev–Trinajstić information content (AvgIpc) is 2.38. The summed E-state index contributed by atoms with van der Waals surface area (Å²) in [6, 6.07) is 7.21. The first kappa shape index (κ1) is 15.5. The van der Waals surface area contributed by atoms with Crippen molar-refractivity contribution < 1.29 is 19.5 Å². The van der Waals surface area contributed by atoms with Crippen molar-refractivity contribution in [2.24, 2.45) is 5.73 Å². The highest BCUT2D eigenvalue weighted by atomic mass is 16.4. The number of hydrogen-bond donors (Lipinski definition) is 3. The van der Waals surface area contributed by atoms with Crippen molar-refractivity contribution in [1.29, 1.82) is 0 Å². The van der Waals surface area contributed by atoms with Crippen LogP contribution >= 0.6 is 0 Å². The summed E-state index contributed by atoms with van der Waals surface area (Å²) in [4.78, 5) is 34.6. The van der Waals surface area contributed by atoms with Crippen LogP contribution in [0.25, 0.3) is 0 Å². The van der Waals surface area contributed by atoms with Gasteiger partial charge < -0.3 is 21.1 Å². The number of hydrogen-bond acceptors (Lipinski definition) is 3. The highest BCUT2D eigenvalue weighted by Gasteiger charge is 2.22. The lowest BCUT2D eigenvalue weighted by atomic mass is 10.1. The number of amides is 3. The maximum atomic E-state index is 11.7. The van der Waals surface area contributed by atoms with E-state index in [1.54, 1.807) is 24.3 Å². The molecule has 0 aliphatic heterocycles. The highest BCUT2D eigenvalue weighted by molar-refractivity contribution is 5.86. The Morgan fingerprint density at radius 2 is 1.90 bits per heavy atom. The molecule has 7 heteroatoms. The molecule has 0 aliphatic rings. The van der Waals surface area contributed by atoms with Crippen LogP contribution in [0.3, 0.4) is 0 Å². The topological polar surface area (TPSA) is 113 Å². The van der Waals surface area contributed by atoms with Crippen LogP contribution in [0, 0.1) is 0 Å². The van der Waals surface area contributed by atoms with Crippen molar-refractivity contribution in [3.05, 3.63) is 35.9 Å². The molecular weight excluding hydrogens is 262 g/mol. The molecule has 0 radical (unpaired) electrons. The van der Waals surface area contributed by atoms with Crippen molar-refractivity contribution in [1.82, 2.24) is 10.2 Å². The van der Waals surface area contributed by atoms with E-state index in [0.717, 1.165) is 10.5 Å². The Labute approximate surface area is 116 Å². The number of nitrogens with zero attached hydrogens (tertiary/aromatic N) is 1. The summed E-state index contributed by atoms with van der Waals surface area (Å²) in [6.45, 7) is -0.274. The Bertz CT molecular complexity index is 490. The smallest absolute Gasteiger partial charge is 0.326 e. The van der Waals surface area contributed by atoms with Gasteiger partial charge in [-0.05, 0) is 5.56 Å². The number of benzene rings is 1. The van der Waals surface area contributed by atoms with Gasteiger partial charge in [-0.2, -0.15) is 0 Å². The molecule has 0 unspecified atom stereocenters. The summed E-state index contributed by atoms with van der Waals surface area (Å²) < 4.78 is 0. The molecule has 1 rings (SSSR count). The van der Waals surface area contributed by atoms with Gasteiger partial charge in [-0.25, -0.2) is 9.59 Å². The van der Waals surface area contributed by atoms with E-state index >= 15 is 0 Å². The van der Waals surface area contributed by atoms with Gasteiger partial charge in [0.25, 0.3) is 0 Å². The van der Waals surface area contributed by atoms with Crippen LogP contribution in [0.1, 0.15) is 5.56 Å². The first-order valence-electron chi connectivity index (χ1n) is 5.97. The third kappa shape index (κ3) is 4.97. The molecule has 0 aliphatic carbocycles. The molecule has 3 amide bonds. The molecule has 0 aromatic heterocycles. The summed E-state index contributed by atoms with van der Waals surface area (Å²) in [7, 11) is 1.36. The molecule has 7 nitrogen and oxygen atoms in total. The summed E-state index contributed by atoms with van der Waals surface area (Å²) >= 11 is 0. The van der Waals surface area contributed by atoms with Gasteiger partial charge >= 0.3 is 12.0 Å². The number of primary amides is 1. The van der Waals surface area contributed by atoms with Gasteiger partial charge in [-0.1, -0.05) is 30.3 Å². The molecule has 0 saturated heterocycles. The third-order valence-electron chi connectivity index (χ3n) is 2.62. The SMILES string of the molecule is CN(CC(N)=O)C(=O)N[C@@H](Cc1ccccc1)C(=O)O. The van der Waals surface area contributed by atoms with Crippen molar-refractivity contribution in [3.63, 3.8) is 0 Å². The summed E-state index contributed by atoms with van der Waals surface area (Å²) in [5, 5.41) is 11.5. The first-order chi connectivity index (χ1) is 9.40. The largest absolute Gasteiger partial charge is 0.480 e. The van der Waals surface area contributed by atoms with Crippen LogP contribution in [-0.4, -0.2) is 47.5 Å². The van der Waals surface area contributed by atoms with Crippen molar-refractivity contribution in [2.45, 2.75) is 12.5 Å². The molecule has 0 heterocycles. The molecule has 1 aromatic carbocycles. The molecule has 0 fully saturated rings.